The predicted molar refractivity (Wildman–Crippen MR) is 102 cm³/mol. The highest BCUT2D eigenvalue weighted by atomic mass is 16.3. The smallest absolute Gasteiger partial charge is 0.226 e. The number of fused-ring (bicyclic) bond motifs is 1. The Balaban J connectivity index is 1.68. The molecule has 134 valence electrons. The van der Waals surface area contributed by atoms with Crippen LogP contribution in [0.5, 0.6) is 0 Å². The molecule has 1 fully saturated rings. The first-order valence-corrected chi connectivity index (χ1v) is 8.90. The maximum absolute atomic E-state index is 9.46. The van der Waals surface area contributed by atoms with E-state index < -0.39 is 0 Å². The highest BCUT2D eigenvalue weighted by molar-refractivity contribution is 5.87. The van der Waals surface area contributed by atoms with Gasteiger partial charge in [-0.1, -0.05) is 12.1 Å². The van der Waals surface area contributed by atoms with E-state index in [2.05, 4.69) is 44.2 Å². The van der Waals surface area contributed by atoms with Crippen LogP contribution in [0, 0.1) is 12.8 Å². The monoisotopic (exact) mass is 350 g/mol. The van der Waals surface area contributed by atoms with Crippen LogP contribution in [0.3, 0.4) is 0 Å². The van der Waals surface area contributed by atoms with Gasteiger partial charge < -0.3 is 15.3 Å². The van der Waals surface area contributed by atoms with E-state index in [4.69, 9.17) is 4.98 Å². The zero-order valence-electron chi connectivity index (χ0n) is 14.8. The molecule has 1 aromatic carbocycles. The zero-order valence-corrected chi connectivity index (χ0v) is 14.8. The molecule has 2 aromatic heterocycles. The molecule has 7 heteroatoms. The quantitative estimate of drug-likeness (QED) is 0.748. The molecule has 1 unspecified atom stereocenters. The van der Waals surface area contributed by atoms with Crippen molar-refractivity contribution >= 4 is 28.5 Å². The summed E-state index contributed by atoms with van der Waals surface area (Å²) in [7, 11) is 0. The van der Waals surface area contributed by atoms with E-state index in [1.807, 2.05) is 12.1 Å². The van der Waals surface area contributed by atoms with Crippen LogP contribution in [0.15, 0.2) is 36.8 Å². The Morgan fingerprint density at radius 1 is 1.27 bits per heavy atom. The first-order valence-electron chi connectivity index (χ1n) is 8.90. The maximum atomic E-state index is 9.46. The van der Waals surface area contributed by atoms with Gasteiger partial charge in [0.25, 0.3) is 0 Å². The molecule has 0 amide bonds. The van der Waals surface area contributed by atoms with Gasteiger partial charge in [0.1, 0.15) is 17.4 Å². The van der Waals surface area contributed by atoms with Crippen molar-refractivity contribution in [3.63, 3.8) is 0 Å². The van der Waals surface area contributed by atoms with Gasteiger partial charge >= 0.3 is 0 Å². The number of benzene rings is 1. The molecule has 7 nitrogen and oxygen atoms in total. The van der Waals surface area contributed by atoms with Crippen molar-refractivity contribution in [1.29, 1.82) is 0 Å². The van der Waals surface area contributed by atoms with Gasteiger partial charge in [0.2, 0.25) is 5.95 Å². The summed E-state index contributed by atoms with van der Waals surface area (Å²) in [5.74, 6) is 1.61. The molecule has 2 N–H and O–H groups in total. The number of aliphatic hydroxyl groups is 1. The third kappa shape index (κ3) is 3.43. The largest absolute Gasteiger partial charge is 0.396 e. The molecule has 4 rings (SSSR count). The summed E-state index contributed by atoms with van der Waals surface area (Å²) in [6.45, 7) is 3.93. The Kier molecular flexibility index (Phi) is 4.62. The Morgan fingerprint density at radius 3 is 3.04 bits per heavy atom. The molecule has 1 saturated heterocycles. The lowest BCUT2D eigenvalue weighted by Crippen LogP contribution is -2.37. The molecule has 0 bridgehead atoms. The van der Waals surface area contributed by atoms with E-state index >= 15 is 0 Å². The molecule has 0 radical (unpaired) electrons. The molecular formula is C19H22N6O. The van der Waals surface area contributed by atoms with Crippen molar-refractivity contribution in [2.45, 2.75) is 19.8 Å². The number of hydrogen-bond acceptors (Lipinski definition) is 7. The van der Waals surface area contributed by atoms with Crippen LogP contribution in [0.2, 0.25) is 0 Å². The lowest BCUT2D eigenvalue weighted by molar-refractivity contribution is 0.208. The van der Waals surface area contributed by atoms with Gasteiger partial charge in [-0.05, 0) is 43.4 Å². The Morgan fingerprint density at radius 2 is 2.19 bits per heavy atom. The summed E-state index contributed by atoms with van der Waals surface area (Å²) in [4.78, 5) is 20.0. The van der Waals surface area contributed by atoms with Crippen LogP contribution >= 0.6 is 0 Å². The summed E-state index contributed by atoms with van der Waals surface area (Å²) in [5.41, 5.74) is 3.54. The highest BCUT2D eigenvalue weighted by Crippen LogP contribution is 2.25. The number of aliphatic hydroxyl groups excluding tert-OH is 1. The highest BCUT2D eigenvalue weighted by Gasteiger charge is 2.22. The molecule has 3 aromatic rings. The Bertz CT molecular complexity index is 915. The Hall–Kier alpha value is -2.80. The van der Waals surface area contributed by atoms with Gasteiger partial charge in [0.05, 0.1) is 6.20 Å². The molecule has 0 aliphatic carbocycles. The molecule has 1 aliphatic heterocycles. The second-order valence-electron chi connectivity index (χ2n) is 6.76. The molecule has 26 heavy (non-hydrogen) atoms. The van der Waals surface area contributed by atoms with Gasteiger partial charge in [-0.15, -0.1) is 0 Å². The topological polar surface area (TPSA) is 87.1 Å². The number of piperidine rings is 1. The van der Waals surface area contributed by atoms with Crippen LogP contribution < -0.4 is 10.2 Å². The first-order chi connectivity index (χ1) is 12.7. The maximum Gasteiger partial charge on any atom is 0.226 e. The normalized spacial score (nSPS) is 17.5. The van der Waals surface area contributed by atoms with E-state index in [-0.39, 0.29) is 12.5 Å². The average molecular weight is 350 g/mol. The number of anilines is 3. The molecule has 1 atom stereocenters. The molecule has 1 aliphatic rings. The molecule has 0 spiro atoms. The van der Waals surface area contributed by atoms with Crippen LogP contribution in [0.1, 0.15) is 18.4 Å². The third-order valence-electron chi connectivity index (χ3n) is 4.71. The number of rotatable bonds is 4. The summed E-state index contributed by atoms with van der Waals surface area (Å²) in [6, 6.07) is 8.12. The van der Waals surface area contributed by atoms with Crippen molar-refractivity contribution in [2.24, 2.45) is 5.92 Å². The summed E-state index contributed by atoms with van der Waals surface area (Å²) in [5, 5.41) is 12.8. The van der Waals surface area contributed by atoms with Crippen molar-refractivity contribution in [2.75, 3.05) is 29.9 Å². The third-order valence-corrected chi connectivity index (χ3v) is 4.71. The zero-order chi connectivity index (χ0) is 17.9. The minimum absolute atomic E-state index is 0.202. The van der Waals surface area contributed by atoms with Crippen molar-refractivity contribution < 1.29 is 5.11 Å². The number of nitrogens with zero attached hydrogens (tertiary/aromatic N) is 5. The minimum Gasteiger partial charge on any atom is -0.396 e. The average Bonchev–Trinajstić information content (AvgIpc) is 2.68. The molecule has 3 heterocycles. The van der Waals surface area contributed by atoms with Crippen LogP contribution in [0.4, 0.5) is 17.5 Å². The van der Waals surface area contributed by atoms with E-state index in [1.54, 1.807) is 6.20 Å². The van der Waals surface area contributed by atoms with E-state index in [0.29, 0.717) is 22.8 Å². The lowest BCUT2D eigenvalue weighted by atomic mass is 9.99. The summed E-state index contributed by atoms with van der Waals surface area (Å²) < 4.78 is 0. The predicted octanol–water partition coefficient (Wildman–Crippen LogP) is 2.68. The van der Waals surface area contributed by atoms with Gasteiger partial charge in [-0.2, -0.15) is 0 Å². The second-order valence-corrected chi connectivity index (χ2v) is 6.76. The van der Waals surface area contributed by atoms with Crippen molar-refractivity contribution in [3.8, 4) is 0 Å². The van der Waals surface area contributed by atoms with Gasteiger partial charge in [-0.3, -0.25) is 0 Å². The van der Waals surface area contributed by atoms with E-state index in [1.165, 1.54) is 11.9 Å². The molecule has 0 saturated carbocycles. The summed E-state index contributed by atoms with van der Waals surface area (Å²) >= 11 is 0. The van der Waals surface area contributed by atoms with Gasteiger partial charge in [-0.25, -0.2) is 19.9 Å². The first kappa shape index (κ1) is 16.7. The van der Waals surface area contributed by atoms with Crippen molar-refractivity contribution in [1.82, 2.24) is 19.9 Å². The minimum atomic E-state index is 0.202. The second kappa shape index (κ2) is 7.21. The fourth-order valence-corrected chi connectivity index (χ4v) is 3.34. The van der Waals surface area contributed by atoms with Gasteiger partial charge in [0, 0.05) is 25.4 Å². The number of aromatic nitrogens is 4. The van der Waals surface area contributed by atoms with Crippen LogP contribution in [-0.2, 0) is 0 Å². The summed E-state index contributed by atoms with van der Waals surface area (Å²) in [6.07, 6.45) is 5.34. The van der Waals surface area contributed by atoms with Crippen LogP contribution in [0.25, 0.3) is 11.0 Å². The number of aryl methyl sites for hydroxylation is 1. The fourth-order valence-electron chi connectivity index (χ4n) is 3.34. The molecular weight excluding hydrogens is 328 g/mol. The standard InChI is InChI=1S/C19H22N6O/c1-13-4-2-6-15(8-13)23-18-17-16(21-12-22-18)9-20-19(24-17)25-7-3-5-14(10-25)11-26/h2,4,6,8-9,12,14,26H,3,5,7,10-11H2,1H3,(H,21,22,23). The van der Waals surface area contributed by atoms with Crippen molar-refractivity contribution in [3.05, 3.63) is 42.4 Å². The fraction of sp³-hybridized carbons (Fsp3) is 0.368. The van der Waals surface area contributed by atoms with Crippen LogP contribution in [-0.4, -0.2) is 44.7 Å². The van der Waals surface area contributed by atoms with E-state index in [9.17, 15) is 5.11 Å². The number of hydrogen-bond donors (Lipinski definition) is 2. The Labute approximate surface area is 152 Å². The SMILES string of the molecule is Cc1cccc(Nc2ncnc3cnc(N4CCCC(CO)C4)nc23)c1. The van der Waals surface area contributed by atoms with Gasteiger partial charge in [0.15, 0.2) is 5.82 Å². The van der Waals surface area contributed by atoms with E-state index in [0.717, 1.165) is 31.6 Å². The number of nitrogens with one attached hydrogen (secondary N) is 1. The lowest BCUT2D eigenvalue weighted by Gasteiger charge is -2.31.